The normalized spacial score (nSPS) is 12.0. The highest BCUT2D eigenvalue weighted by Gasteiger charge is 2.27. The highest BCUT2D eigenvalue weighted by atomic mass is 32.2. The van der Waals surface area contributed by atoms with Gasteiger partial charge in [0, 0.05) is 0 Å². The lowest BCUT2D eigenvalue weighted by Crippen LogP contribution is -2.08. The van der Waals surface area contributed by atoms with Gasteiger partial charge in [0.1, 0.15) is 10.6 Å². The summed E-state index contributed by atoms with van der Waals surface area (Å²) in [5.41, 5.74) is 0.262. The van der Waals surface area contributed by atoms with E-state index in [0.29, 0.717) is 0 Å². The van der Waals surface area contributed by atoms with Crippen molar-refractivity contribution in [3.8, 4) is 5.75 Å². The average molecular weight is 388 g/mol. The fraction of sp³-hybridized carbons (Fsp3) is 0.0526. The zero-order chi connectivity index (χ0) is 18.9. The maximum Gasteiger partial charge on any atom is 0.210 e. The van der Waals surface area contributed by atoms with Crippen molar-refractivity contribution in [3.05, 3.63) is 78.4 Å². The minimum atomic E-state index is -4.07. The molecule has 0 aromatic heterocycles. The molecular weight excluding hydrogens is 372 g/mol. The molecule has 0 radical (unpaired) electrons. The highest BCUT2D eigenvalue weighted by molar-refractivity contribution is 7.92. The van der Waals surface area contributed by atoms with E-state index in [1.54, 1.807) is 36.4 Å². The molecule has 7 heteroatoms. The van der Waals surface area contributed by atoms with Crippen LogP contribution in [-0.2, 0) is 19.7 Å². The Labute approximate surface area is 152 Å². The summed E-state index contributed by atoms with van der Waals surface area (Å²) in [5.74, 6) is -0.488. The van der Waals surface area contributed by atoms with E-state index in [1.165, 1.54) is 31.2 Å². The average Bonchev–Trinajstić information content (AvgIpc) is 2.62. The van der Waals surface area contributed by atoms with Crippen molar-refractivity contribution in [2.24, 2.45) is 0 Å². The molecule has 26 heavy (non-hydrogen) atoms. The quantitative estimate of drug-likeness (QED) is 0.740. The number of hydrogen-bond acceptors (Lipinski definition) is 5. The lowest BCUT2D eigenvalue weighted by molar-refractivity contribution is 0.457. The molecule has 134 valence electrons. The molecule has 0 atom stereocenters. The smallest absolute Gasteiger partial charge is 0.210 e. The third kappa shape index (κ3) is 3.11. The van der Waals surface area contributed by atoms with Gasteiger partial charge in [0.05, 0.1) is 14.7 Å². The van der Waals surface area contributed by atoms with E-state index in [4.69, 9.17) is 0 Å². The number of phenols is 1. The van der Waals surface area contributed by atoms with Crippen molar-refractivity contribution in [2.75, 3.05) is 0 Å². The second kappa shape index (κ2) is 6.59. The Balaban J connectivity index is 2.25. The summed E-state index contributed by atoms with van der Waals surface area (Å²) in [7, 11) is -7.99. The van der Waals surface area contributed by atoms with E-state index in [9.17, 15) is 21.9 Å². The zero-order valence-electron chi connectivity index (χ0n) is 13.8. The van der Waals surface area contributed by atoms with Crippen LogP contribution in [0.4, 0.5) is 0 Å². The summed E-state index contributed by atoms with van der Waals surface area (Å²) in [6.45, 7) is 1.51. The van der Waals surface area contributed by atoms with Crippen molar-refractivity contribution in [1.82, 2.24) is 0 Å². The molecule has 1 N–H and O–H groups in total. The first-order valence-corrected chi connectivity index (χ1v) is 10.6. The first-order chi connectivity index (χ1) is 12.2. The molecule has 3 aromatic carbocycles. The first-order valence-electron chi connectivity index (χ1n) is 7.68. The molecular formula is C19H16O5S2. The molecule has 5 nitrogen and oxygen atoms in total. The molecule has 0 bridgehead atoms. The summed E-state index contributed by atoms with van der Waals surface area (Å²) in [6.07, 6.45) is 0. The van der Waals surface area contributed by atoms with Crippen LogP contribution in [0.3, 0.4) is 0 Å². The predicted molar refractivity (Wildman–Crippen MR) is 96.6 cm³/mol. The monoisotopic (exact) mass is 388 g/mol. The molecule has 0 aliphatic rings. The summed E-state index contributed by atoms with van der Waals surface area (Å²) in [5, 5.41) is 10.2. The third-order valence-electron chi connectivity index (χ3n) is 3.94. The van der Waals surface area contributed by atoms with E-state index in [-0.39, 0.29) is 20.2 Å². The van der Waals surface area contributed by atoms with E-state index in [0.717, 1.165) is 12.1 Å². The van der Waals surface area contributed by atoms with Crippen molar-refractivity contribution < 1.29 is 21.9 Å². The Morgan fingerprint density at radius 1 is 0.654 bits per heavy atom. The van der Waals surface area contributed by atoms with Gasteiger partial charge in [-0.3, -0.25) is 0 Å². The summed E-state index contributed by atoms with van der Waals surface area (Å²) < 4.78 is 51.5. The first kappa shape index (κ1) is 18.2. The fourth-order valence-electron chi connectivity index (χ4n) is 2.61. The van der Waals surface area contributed by atoms with Gasteiger partial charge >= 0.3 is 0 Å². The van der Waals surface area contributed by atoms with Crippen molar-refractivity contribution >= 4 is 19.7 Å². The molecule has 0 aliphatic carbocycles. The minimum absolute atomic E-state index is 0.0257. The second-order valence-electron chi connectivity index (χ2n) is 5.72. The largest absolute Gasteiger partial charge is 0.507 e. The van der Waals surface area contributed by atoms with Crippen molar-refractivity contribution in [2.45, 2.75) is 26.5 Å². The lowest BCUT2D eigenvalue weighted by Gasteiger charge is -2.13. The van der Waals surface area contributed by atoms with E-state index >= 15 is 0 Å². The molecule has 0 spiro atoms. The second-order valence-corrected chi connectivity index (χ2v) is 9.55. The number of rotatable bonds is 4. The van der Waals surface area contributed by atoms with Crippen LogP contribution >= 0.6 is 0 Å². The SMILES string of the molecule is Cc1cc(O)c(S(=O)(=O)c2ccccc2)cc1S(=O)(=O)c1ccccc1. The maximum atomic E-state index is 12.9. The number of hydrogen-bond donors (Lipinski definition) is 1. The molecule has 0 saturated carbocycles. The van der Waals surface area contributed by atoms with Crippen molar-refractivity contribution in [1.29, 1.82) is 0 Å². The summed E-state index contributed by atoms with van der Waals surface area (Å²) in [4.78, 5) is -0.570. The van der Waals surface area contributed by atoms with Gasteiger partial charge in [0.2, 0.25) is 19.7 Å². The van der Waals surface area contributed by atoms with Gasteiger partial charge in [0.15, 0.2) is 0 Å². The van der Waals surface area contributed by atoms with Gasteiger partial charge < -0.3 is 5.11 Å². The Kier molecular flexibility index (Phi) is 4.60. The van der Waals surface area contributed by atoms with Crippen LogP contribution in [0.15, 0.2) is 92.4 Å². The fourth-order valence-corrected chi connectivity index (χ4v) is 5.59. The number of aryl methyl sites for hydroxylation is 1. The van der Waals surface area contributed by atoms with Crippen LogP contribution in [0.25, 0.3) is 0 Å². The molecule has 0 amide bonds. The van der Waals surface area contributed by atoms with Gasteiger partial charge in [-0.1, -0.05) is 36.4 Å². The standard InChI is InChI=1S/C19H16O5S2/c1-14-12-17(20)19(26(23,24)16-10-6-3-7-11-16)13-18(14)25(21,22)15-8-4-2-5-9-15/h2-13,20H,1H3. The number of phenolic OH excluding ortho intramolecular Hbond substituents is 1. The number of sulfone groups is 2. The van der Waals surface area contributed by atoms with Crippen LogP contribution < -0.4 is 0 Å². The Morgan fingerprint density at radius 3 is 1.54 bits per heavy atom. The minimum Gasteiger partial charge on any atom is -0.507 e. The van der Waals surface area contributed by atoms with Gasteiger partial charge in [-0.05, 0) is 48.9 Å². The zero-order valence-corrected chi connectivity index (χ0v) is 15.5. The third-order valence-corrected chi connectivity index (χ3v) is 7.65. The molecule has 3 aromatic rings. The van der Waals surface area contributed by atoms with Crippen LogP contribution in [-0.4, -0.2) is 21.9 Å². The molecule has 3 rings (SSSR count). The molecule has 0 aliphatic heterocycles. The Morgan fingerprint density at radius 2 is 1.08 bits per heavy atom. The van der Waals surface area contributed by atoms with Crippen molar-refractivity contribution in [3.63, 3.8) is 0 Å². The van der Waals surface area contributed by atoms with Crippen LogP contribution in [0.5, 0.6) is 5.75 Å². The summed E-state index contributed by atoms with van der Waals surface area (Å²) >= 11 is 0. The van der Waals surface area contributed by atoms with Crippen LogP contribution in [0, 0.1) is 6.92 Å². The lowest BCUT2D eigenvalue weighted by atomic mass is 10.2. The molecule has 0 heterocycles. The number of benzene rings is 3. The van der Waals surface area contributed by atoms with Crippen LogP contribution in [0.1, 0.15) is 5.56 Å². The van der Waals surface area contributed by atoms with Gasteiger partial charge in [-0.15, -0.1) is 0 Å². The number of aromatic hydroxyl groups is 1. The Hall–Kier alpha value is -2.64. The molecule has 0 saturated heterocycles. The molecule has 0 fully saturated rings. The highest BCUT2D eigenvalue weighted by Crippen LogP contribution is 2.34. The van der Waals surface area contributed by atoms with E-state index in [2.05, 4.69) is 0 Å². The summed E-state index contributed by atoms with van der Waals surface area (Å²) in [6, 6.07) is 17.5. The van der Waals surface area contributed by atoms with E-state index in [1.807, 2.05) is 0 Å². The van der Waals surface area contributed by atoms with Crippen LogP contribution in [0.2, 0.25) is 0 Å². The topological polar surface area (TPSA) is 88.5 Å². The predicted octanol–water partition coefficient (Wildman–Crippen LogP) is 3.37. The van der Waals surface area contributed by atoms with E-state index < -0.39 is 30.3 Å². The van der Waals surface area contributed by atoms with Gasteiger partial charge in [0.25, 0.3) is 0 Å². The molecule has 0 unspecified atom stereocenters. The van der Waals surface area contributed by atoms with Gasteiger partial charge in [-0.2, -0.15) is 0 Å². The Bertz CT molecular complexity index is 1060. The van der Waals surface area contributed by atoms with Gasteiger partial charge in [-0.25, -0.2) is 16.8 Å². The maximum absolute atomic E-state index is 12.9.